The number of halogens is 1. The van der Waals surface area contributed by atoms with Crippen molar-refractivity contribution >= 4 is 33.3 Å². The summed E-state index contributed by atoms with van der Waals surface area (Å²) in [5.41, 5.74) is 3.45. The molecule has 0 spiro atoms. The van der Waals surface area contributed by atoms with E-state index in [1.807, 2.05) is 41.9 Å². The largest absolute Gasteiger partial charge is 0.383 e. The Labute approximate surface area is 215 Å². The van der Waals surface area contributed by atoms with Crippen LogP contribution in [0.1, 0.15) is 11.4 Å². The smallest absolute Gasteiger partial charge is 0.240 e. The van der Waals surface area contributed by atoms with Gasteiger partial charge in [0.15, 0.2) is 0 Å². The average molecular weight is 527 g/mol. The maximum atomic E-state index is 12.3. The predicted molar refractivity (Wildman–Crippen MR) is 140 cm³/mol. The lowest BCUT2D eigenvalue weighted by Crippen LogP contribution is -2.27. The molecule has 0 saturated heterocycles. The standard InChI is InChI=1S/C25H27ClN6O3S/c1-32-23(17-28-24(32)12-5-18-3-6-19(26)7-4-18)22-13-14-27-25(31-22)30-20-8-10-21(11-9-20)36(33,34)29-15-16-35-2/h3-4,6-11,13-14,17,29H,5,12,15-16H2,1-2H3,(H,27,30,31). The average Bonchev–Trinajstić information content (AvgIpc) is 3.24. The van der Waals surface area contributed by atoms with Crippen LogP contribution >= 0.6 is 11.6 Å². The first-order valence-corrected chi connectivity index (χ1v) is 13.2. The highest BCUT2D eigenvalue weighted by atomic mass is 35.5. The molecule has 0 amide bonds. The normalized spacial score (nSPS) is 11.5. The highest BCUT2D eigenvalue weighted by Crippen LogP contribution is 2.22. The fourth-order valence-corrected chi connectivity index (χ4v) is 4.73. The molecule has 0 saturated carbocycles. The third kappa shape index (κ3) is 6.46. The summed E-state index contributed by atoms with van der Waals surface area (Å²) in [6.07, 6.45) is 5.11. The first-order chi connectivity index (χ1) is 17.4. The Balaban J connectivity index is 1.43. The van der Waals surface area contributed by atoms with E-state index in [-0.39, 0.29) is 11.4 Å². The van der Waals surface area contributed by atoms with E-state index in [4.69, 9.17) is 16.3 Å². The summed E-state index contributed by atoms with van der Waals surface area (Å²) in [7, 11) is -0.114. The van der Waals surface area contributed by atoms with E-state index in [1.165, 1.54) is 24.8 Å². The molecule has 0 fully saturated rings. The maximum Gasteiger partial charge on any atom is 0.240 e. The van der Waals surface area contributed by atoms with Crippen molar-refractivity contribution in [3.8, 4) is 11.4 Å². The van der Waals surface area contributed by atoms with E-state index in [2.05, 4.69) is 25.0 Å². The summed E-state index contributed by atoms with van der Waals surface area (Å²) < 4.78 is 34.1. The number of ether oxygens (including phenoxy) is 1. The van der Waals surface area contributed by atoms with E-state index in [0.29, 0.717) is 18.2 Å². The van der Waals surface area contributed by atoms with Gasteiger partial charge in [0.25, 0.3) is 0 Å². The molecular formula is C25H27ClN6O3S. The lowest BCUT2D eigenvalue weighted by molar-refractivity contribution is 0.204. The predicted octanol–water partition coefficient (Wildman–Crippen LogP) is 3.98. The number of aryl methyl sites for hydroxylation is 2. The van der Waals surface area contributed by atoms with Crippen molar-refractivity contribution in [1.29, 1.82) is 0 Å². The van der Waals surface area contributed by atoms with Gasteiger partial charge >= 0.3 is 0 Å². The van der Waals surface area contributed by atoms with Gasteiger partial charge in [0.1, 0.15) is 5.82 Å². The van der Waals surface area contributed by atoms with Crippen LogP contribution in [0.15, 0.2) is 71.9 Å². The summed E-state index contributed by atoms with van der Waals surface area (Å²) in [5.74, 6) is 1.34. The molecule has 2 aromatic heterocycles. The summed E-state index contributed by atoms with van der Waals surface area (Å²) in [5, 5.41) is 3.85. The number of anilines is 2. The molecule has 11 heteroatoms. The van der Waals surface area contributed by atoms with Crippen LogP contribution < -0.4 is 10.0 Å². The second kappa shape index (κ2) is 11.6. The number of hydrogen-bond acceptors (Lipinski definition) is 7. The van der Waals surface area contributed by atoms with Gasteiger partial charge < -0.3 is 14.6 Å². The minimum absolute atomic E-state index is 0.167. The summed E-state index contributed by atoms with van der Waals surface area (Å²) >= 11 is 5.97. The van der Waals surface area contributed by atoms with E-state index in [9.17, 15) is 8.42 Å². The first kappa shape index (κ1) is 25.8. The van der Waals surface area contributed by atoms with E-state index >= 15 is 0 Å². The summed E-state index contributed by atoms with van der Waals surface area (Å²) in [4.78, 5) is 13.7. The Hall–Kier alpha value is -3.31. The molecule has 4 aromatic rings. The molecule has 188 valence electrons. The zero-order valence-corrected chi connectivity index (χ0v) is 21.6. The van der Waals surface area contributed by atoms with Gasteiger partial charge in [-0.15, -0.1) is 0 Å². The zero-order chi connectivity index (χ0) is 25.5. The first-order valence-electron chi connectivity index (χ1n) is 11.3. The van der Waals surface area contributed by atoms with Crippen molar-refractivity contribution in [1.82, 2.24) is 24.2 Å². The minimum Gasteiger partial charge on any atom is -0.383 e. The number of sulfonamides is 1. The van der Waals surface area contributed by atoms with Crippen molar-refractivity contribution in [3.63, 3.8) is 0 Å². The Morgan fingerprint density at radius 2 is 1.75 bits per heavy atom. The fourth-order valence-electron chi connectivity index (χ4n) is 3.59. The lowest BCUT2D eigenvalue weighted by Gasteiger charge is -2.10. The van der Waals surface area contributed by atoms with Crippen LogP contribution in [0.4, 0.5) is 11.6 Å². The molecule has 2 N–H and O–H groups in total. The molecule has 2 aromatic carbocycles. The molecule has 0 atom stereocenters. The number of methoxy groups -OCH3 is 1. The van der Waals surface area contributed by atoms with Gasteiger partial charge in [0.05, 0.1) is 29.1 Å². The maximum absolute atomic E-state index is 12.3. The van der Waals surface area contributed by atoms with Crippen molar-refractivity contribution in [2.75, 3.05) is 25.6 Å². The van der Waals surface area contributed by atoms with Gasteiger partial charge in [-0.25, -0.2) is 28.1 Å². The number of hydrogen-bond donors (Lipinski definition) is 2. The second-order valence-corrected chi connectivity index (χ2v) is 10.3. The van der Waals surface area contributed by atoms with E-state index in [1.54, 1.807) is 24.5 Å². The van der Waals surface area contributed by atoms with Crippen LogP contribution in [0.25, 0.3) is 11.4 Å². The van der Waals surface area contributed by atoms with Crippen LogP contribution in [0.2, 0.25) is 5.02 Å². The number of imidazole rings is 1. The van der Waals surface area contributed by atoms with Crippen LogP contribution in [-0.2, 0) is 34.6 Å². The zero-order valence-electron chi connectivity index (χ0n) is 20.0. The van der Waals surface area contributed by atoms with Crippen LogP contribution in [0.3, 0.4) is 0 Å². The fraction of sp³-hybridized carbons (Fsp3) is 0.240. The number of benzene rings is 2. The van der Waals surface area contributed by atoms with Gasteiger partial charge in [-0.3, -0.25) is 0 Å². The highest BCUT2D eigenvalue weighted by molar-refractivity contribution is 7.89. The monoisotopic (exact) mass is 526 g/mol. The third-order valence-electron chi connectivity index (χ3n) is 5.57. The van der Waals surface area contributed by atoms with Crippen molar-refractivity contribution in [2.45, 2.75) is 17.7 Å². The summed E-state index contributed by atoms with van der Waals surface area (Å²) in [6.45, 7) is 0.503. The minimum atomic E-state index is -3.60. The molecule has 0 aliphatic heterocycles. The Bertz CT molecular complexity index is 1410. The van der Waals surface area contributed by atoms with Gasteiger partial charge in [-0.2, -0.15) is 0 Å². The lowest BCUT2D eigenvalue weighted by atomic mass is 10.1. The highest BCUT2D eigenvalue weighted by Gasteiger charge is 2.14. The van der Waals surface area contributed by atoms with Crippen molar-refractivity contribution < 1.29 is 13.2 Å². The van der Waals surface area contributed by atoms with Gasteiger partial charge in [0.2, 0.25) is 16.0 Å². The topological polar surface area (TPSA) is 111 Å². The molecule has 0 aliphatic rings. The van der Waals surface area contributed by atoms with Crippen molar-refractivity contribution in [2.24, 2.45) is 7.05 Å². The van der Waals surface area contributed by atoms with Gasteiger partial charge in [-0.1, -0.05) is 23.7 Å². The number of nitrogens with one attached hydrogen (secondary N) is 2. The van der Waals surface area contributed by atoms with Crippen LogP contribution in [0, 0.1) is 0 Å². The third-order valence-corrected chi connectivity index (χ3v) is 7.30. The van der Waals surface area contributed by atoms with Crippen LogP contribution in [0.5, 0.6) is 0 Å². The van der Waals surface area contributed by atoms with E-state index in [0.717, 1.165) is 35.1 Å². The molecular weight excluding hydrogens is 500 g/mol. The number of aromatic nitrogens is 4. The molecule has 0 bridgehead atoms. The number of nitrogens with zero attached hydrogens (tertiary/aromatic N) is 4. The van der Waals surface area contributed by atoms with Gasteiger partial charge in [-0.05, 0) is 54.4 Å². The quantitative estimate of drug-likeness (QED) is 0.284. The molecule has 2 heterocycles. The number of rotatable bonds is 11. The molecule has 36 heavy (non-hydrogen) atoms. The molecule has 4 rings (SSSR count). The molecule has 0 radical (unpaired) electrons. The Morgan fingerprint density at radius 1 is 1.00 bits per heavy atom. The van der Waals surface area contributed by atoms with Crippen LogP contribution in [-0.4, -0.2) is 48.2 Å². The molecule has 0 aliphatic carbocycles. The summed E-state index contributed by atoms with van der Waals surface area (Å²) in [6, 6.07) is 16.0. The van der Waals surface area contributed by atoms with E-state index < -0.39 is 10.0 Å². The molecule has 0 unspecified atom stereocenters. The SMILES string of the molecule is COCCNS(=O)(=O)c1ccc(Nc2nccc(-c3cnc(CCc4ccc(Cl)cc4)n3C)n2)cc1. The van der Waals surface area contributed by atoms with Gasteiger partial charge in [0, 0.05) is 44.0 Å². The molecule has 9 nitrogen and oxygen atoms in total. The Kier molecular flexibility index (Phi) is 8.32. The van der Waals surface area contributed by atoms with Crippen molar-refractivity contribution in [3.05, 3.63) is 83.4 Å². The Morgan fingerprint density at radius 3 is 2.47 bits per heavy atom. The second-order valence-electron chi connectivity index (χ2n) is 8.05.